The molecular formula is C42H29NO. The first-order valence-corrected chi connectivity index (χ1v) is 15.0. The van der Waals surface area contributed by atoms with Crippen LogP contribution in [0, 0.1) is 0 Å². The minimum atomic E-state index is 0.870. The van der Waals surface area contributed by atoms with Gasteiger partial charge in [0.05, 0.1) is 11.4 Å². The van der Waals surface area contributed by atoms with Gasteiger partial charge in [-0.05, 0) is 58.1 Å². The number of benzene rings is 7. The summed E-state index contributed by atoms with van der Waals surface area (Å²) in [4.78, 5) is 2.33. The minimum absolute atomic E-state index is 0.870. The van der Waals surface area contributed by atoms with E-state index in [4.69, 9.17) is 4.42 Å². The van der Waals surface area contributed by atoms with Gasteiger partial charge in [-0.25, -0.2) is 0 Å². The van der Waals surface area contributed by atoms with Crippen molar-refractivity contribution in [2.75, 3.05) is 4.90 Å². The summed E-state index contributed by atoms with van der Waals surface area (Å²) in [7, 11) is 0. The molecule has 7 aromatic carbocycles. The van der Waals surface area contributed by atoms with Gasteiger partial charge < -0.3 is 9.32 Å². The fourth-order valence-corrected chi connectivity index (χ4v) is 6.33. The highest BCUT2D eigenvalue weighted by Gasteiger charge is 2.23. The van der Waals surface area contributed by atoms with Crippen LogP contribution in [0.5, 0.6) is 0 Å². The van der Waals surface area contributed by atoms with Crippen molar-refractivity contribution in [2.45, 2.75) is 0 Å². The number of anilines is 3. The molecule has 0 fully saturated rings. The van der Waals surface area contributed by atoms with Crippen LogP contribution in [0.1, 0.15) is 0 Å². The van der Waals surface area contributed by atoms with E-state index in [0.717, 1.165) is 44.6 Å². The first-order chi connectivity index (χ1) is 21.9. The maximum absolute atomic E-state index is 6.57. The number of para-hydroxylation sites is 4. The number of nitrogens with zero attached hydrogens (tertiary/aromatic N) is 1. The topological polar surface area (TPSA) is 16.4 Å². The summed E-state index contributed by atoms with van der Waals surface area (Å²) in [5, 5.41) is 2.22. The van der Waals surface area contributed by atoms with Gasteiger partial charge in [0.15, 0.2) is 5.58 Å². The lowest BCUT2D eigenvalue weighted by Crippen LogP contribution is -2.11. The van der Waals surface area contributed by atoms with E-state index in [1.54, 1.807) is 0 Å². The average molecular weight is 564 g/mol. The first-order valence-electron chi connectivity index (χ1n) is 15.0. The number of hydrogen-bond donors (Lipinski definition) is 0. The zero-order chi connectivity index (χ0) is 29.3. The quantitative estimate of drug-likeness (QED) is 0.200. The van der Waals surface area contributed by atoms with E-state index in [1.165, 1.54) is 27.8 Å². The summed E-state index contributed by atoms with van der Waals surface area (Å²) in [6.45, 7) is 0. The minimum Gasteiger partial charge on any atom is -0.454 e. The predicted molar refractivity (Wildman–Crippen MR) is 185 cm³/mol. The fourth-order valence-electron chi connectivity index (χ4n) is 6.33. The summed E-state index contributed by atoms with van der Waals surface area (Å²) >= 11 is 0. The number of hydrogen-bond acceptors (Lipinski definition) is 2. The molecule has 0 aliphatic carbocycles. The van der Waals surface area contributed by atoms with Crippen LogP contribution >= 0.6 is 0 Å². The van der Waals surface area contributed by atoms with E-state index in [1.807, 2.05) is 12.1 Å². The molecule has 0 aliphatic rings. The van der Waals surface area contributed by atoms with Crippen LogP contribution in [0.25, 0.3) is 55.3 Å². The molecule has 0 atom stereocenters. The third kappa shape index (κ3) is 4.45. The molecule has 0 N–H and O–H groups in total. The zero-order valence-corrected chi connectivity index (χ0v) is 24.1. The van der Waals surface area contributed by atoms with Crippen LogP contribution in [-0.2, 0) is 0 Å². The molecular weight excluding hydrogens is 534 g/mol. The Bertz CT molecular complexity index is 2230. The Hall–Kier alpha value is -5.86. The molecule has 0 aliphatic heterocycles. The molecule has 208 valence electrons. The lowest BCUT2D eigenvalue weighted by atomic mass is 9.88. The highest BCUT2D eigenvalue weighted by atomic mass is 16.3. The Labute approximate surface area is 257 Å². The second-order valence-corrected chi connectivity index (χ2v) is 10.9. The van der Waals surface area contributed by atoms with Crippen molar-refractivity contribution >= 4 is 39.0 Å². The number of furan rings is 1. The summed E-state index contributed by atoms with van der Waals surface area (Å²) in [6.07, 6.45) is 0. The molecule has 0 saturated carbocycles. The molecule has 0 saturated heterocycles. The Morgan fingerprint density at radius 1 is 0.341 bits per heavy atom. The van der Waals surface area contributed by atoms with Gasteiger partial charge in [0.1, 0.15) is 5.58 Å². The maximum Gasteiger partial charge on any atom is 0.159 e. The molecule has 8 aromatic rings. The molecule has 0 spiro atoms. The molecule has 2 heteroatoms. The molecule has 0 bridgehead atoms. The maximum atomic E-state index is 6.57. The lowest BCUT2D eigenvalue weighted by molar-refractivity contribution is 0.669. The number of rotatable bonds is 6. The summed E-state index contributed by atoms with van der Waals surface area (Å²) in [5.41, 5.74) is 12.0. The summed E-state index contributed by atoms with van der Waals surface area (Å²) in [5.74, 6) is 0. The van der Waals surface area contributed by atoms with Crippen LogP contribution in [-0.4, -0.2) is 0 Å². The van der Waals surface area contributed by atoms with E-state index in [0.29, 0.717) is 0 Å². The highest BCUT2D eigenvalue weighted by molar-refractivity contribution is 6.11. The van der Waals surface area contributed by atoms with E-state index in [9.17, 15) is 0 Å². The molecule has 44 heavy (non-hydrogen) atoms. The van der Waals surface area contributed by atoms with Crippen molar-refractivity contribution in [1.82, 2.24) is 0 Å². The van der Waals surface area contributed by atoms with E-state index in [-0.39, 0.29) is 0 Å². The molecule has 1 heterocycles. The Morgan fingerprint density at radius 2 is 0.841 bits per heavy atom. The zero-order valence-electron chi connectivity index (χ0n) is 24.1. The van der Waals surface area contributed by atoms with Gasteiger partial charge in [-0.3, -0.25) is 0 Å². The van der Waals surface area contributed by atoms with Crippen LogP contribution in [0.15, 0.2) is 180 Å². The van der Waals surface area contributed by atoms with Gasteiger partial charge in [-0.1, -0.05) is 146 Å². The van der Waals surface area contributed by atoms with Crippen LogP contribution in [0.3, 0.4) is 0 Å². The van der Waals surface area contributed by atoms with Crippen molar-refractivity contribution in [3.63, 3.8) is 0 Å². The van der Waals surface area contributed by atoms with Crippen molar-refractivity contribution in [1.29, 1.82) is 0 Å². The average Bonchev–Trinajstić information content (AvgIpc) is 3.49. The molecule has 0 radical (unpaired) electrons. The van der Waals surface area contributed by atoms with Crippen molar-refractivity contribution < 1.29 is 4.42 Å². The summed E-state index contributed by atoms with van der Waals surface area (Å²) < 4.78 is 6.57. The summed E-state index contributed by atoms with van der Waals surface area (Å²) in [6, 6.07) is 62.0. The van der Waals surface area contributed by atoms with Gasteiger partial charge in [-0.2, -0.15) is 0 Å². The van der Waals surface area contributed by atoms with Gasteiger partial charge in [0, 0.05) is 22.0 Å². The third-order valence-corrected chi connectivity index (χ3v) is 8.30. The van der Waals surface area contributed by atoms with Gasteiger partial charge in [0.2, 0.25) is 0 Å². The smallest absolute Gasteiger partial charge is 0.159 e. The Kier molecular flexibility index (Phi) is 6.51. The van der Waals surface area contributed by atoms with E-state index >= 15 is 0 Å². The van der Waals surface area contributed by atoms with Crippen molar-refractivity contribution in [3.05, 3.63) is 176 Å². The molecule has 0 amide bonds. The second kappa shape index (κ2) is 11.1. The van der Waals surface area contributed by atoms with Crippen LogP contribution < -0.4 is 4.90 Å². The van der Waals surface area contributed by atoms with Crippen LogP contribution in [0.4, 0.5) is 17.1 Å². The predicted octanol–water partition coefficient (Wildman–Crippen LogP) is 12.1. The van der Waals surface area contributed by atoms with E-state index in [2.05, 4.69) is 169 Å². The fraction of sp³-hybridized carbons (Fsp3) is 0. The molecule has 0 unspecified atom stereocenters. The highest BCUT2D eigenvalue weighted by Crippen LogP contribution is 2.47. The van der Waals surface area contributed by atoms with Crippen molar-refractivity contribution in [3.8, 4) is 33.4 Å². The van der Waals surface area contributed by atoms with E-state index < -0.39 is 0 Å². The molecule has 1 aromatic heterocycles. The lowest BCUT2D eigenvalue weighted by Gasteiger charge is -2.28. The SMILES string of the molecule is c1ccc(-c2ccccc2-c2ccccc2-c2ccccc2N(c2ccccc2)c2cccc3c2oc2ccccc23)cc1. The molecule has 2 nitrogen and oxygen atoms in total. The van der Waals surface area contributed by atoms with Gasteiger partial charge >= 0.3 is 0 Å². The van der Waals surface area contributed by atoms with Crippen LogP contribution in [0.2, 0.25) is 0 Å². The third-order valence-electron chi connectivity index (χ3n) is 8.30. The Morgan fingerprint density at radius 3 is 1.59 bits per heavy atom. The first kappa shape index (κ1) is 25.8. The largest absolute Gasteiger partial charge is 0.454 e. The van der Waals surface area contributed by atoms with Gasteiger partial charge in [-0.15, -0.1) is 0 Å². The molecule has 8 rings (SSSR count). The standard InChI is InChI=1S/C42H29NO/c1-3-16-30(17-4-1)32-20-7-8-21-33(32)34-22-9-10-23-35(34)36-24-11-13-27-39(36)43(31-18-5-2-6-19-31)40-28-15-26-38-37-25-12-14-29-41(37)44-42(38)40/h1-29H. The normalized spacial score (nSPS) is 11.2. The van der Waals surface area contributed by atoms with Crippen molar-refractivity contribution in [2.24, 2.45) is 0 Å². The Balaban J connectivity index is 1.38. The number of fused-ring (bicyclic) bond motifs is 3. The second-order valence-electron chi connectivity index (χ2n) is 10.9. The monoisotopic (exact) mass is 563 g/mol. The van der Waals surface area contributed by atoms with Gasteiger partial charge in [0.25, 0.3) is 0 Å².